The van der Waals surface area contributed by atoms with Crippen LogP contribution in [0.5, 0.6) is 0 Å². The maximum atomic E-state index is 12.2. The smallest absolute Gasteiger partial charge is 0.227 e. The van der Waals surface area contributed by atoms with Crippen LogP contribution in [0.2, 0.25) is 5.02 Å². The van der Waals surface area contributed by atoms with Crippen molar-refractivity contribution in [2.75, 3.05) is 24.6 Å². The molecule has 2 aliphatic rings. The molecule has 1 aromatic carbocycles. The number of halogens is 1. The summed E-state index contributed by atoms with van der Waals surface area (Å²) in [5.74, 6) is -0.399. The molecule has 0 radical (unpaired) electrons. The predicted octanol–water partition coefficient (Wildman–Crippen LogP) is 1.99. The lowest BCUT2D eigenvalue weighted by molar-refractivity contribution is -0.126. The van der Waals surface area contributed by atoms with Crippen molar-refractivity contribution in [2.45, 2.75) is 25.4 Å². The van der Waals surface area contributed by atoms with Crippen molar-refractivity contribution in [3.63, 3.8) is 0 Å². The molecule has 6 heteroatoms. The molecule has 5 nitrogen and oxygen atoms in total. The van der Waals surface area contributed by atoms with E-state index >= 15 is 0 Å². The molecule has 2 atom stereocenters. The molecule has 2 amide bonds. The zero-order valence-electron chi connectivity index (χ0n) is 12.3. The van der Waals surface area contributed by atoms with Crippen LogP contribution in [0.4, 0.5) is 5.69 Å². The van der Waals surface area contributed by atoms with E-state index in [2.05, 4.69) is 5.32 Å². The molecule has 0 aromatic heterocycles. The molecule has 3 rings (SSSR count). The van der Waals surface area contributed by atoms with Gasteiger partial charge >= 0.3 is 0 Å². The van der Waals surface area contributed by atoms with Crippen LogP contribution < -0.4 is 10.2 Å². The number of carbonyl (C=O) groups is 2. The summed E-state index contributed by atoms with van der Waals surface area (Å²) in [6, 6.07) is 7.09. The number of hydrogen-bond acceptors (Lipinski definition) is 3. The summed E-state index contributed by atoms with van der Waals surface area (Å²) in [7, 11) is 0. The van der Waals surface area contributed by atoms with Crippen molar-refractivity contribution in [3.8, 4) is 0 Å². The van der Waals surface area contributed by atoms with Gasteiger partial charge in [0.05, 0.1) is 12.0 Å². The zero-order valence-corrected chi connectivity index (χ0v) is 13.0. The fourth-order valence-electron chi connectivity index (χ4n) is 2.92. The van der Waals surface area contributed by atoms with Crippen molar-refractivity contribution in [1.82, 2.24) is 5.32 Å². The Morgan fingerprint density at radius 3 is 2.82 bits per heavy atom. The molecular weight excluding hydrogens is 304 g/mol. The van der Waals surface area contributed by atoms with Gasteiger partial charge in [-0.1, -0.05) is 11.6 Å². The minimum Gasteiger partial charge on any atom is -0.376 e. The average Bonchev–Trinajstić information content (AvgIpc) is 3.15. The first-order chi connectivity index (χ1) is 10.6. The van der Waals surface area contributed by atoms with E-state index in [0.29, 0.717) is 18.1 Å². The third-order valence-corrected chi connectivity index (χ3v) is 4.41. The lowest BCUT2D eigenvalue weighted by Gasteiger charge is -2.17. The Hall–Kier alpha value is -1.59. The molecule has 2 fully saturated rings. The molecular formula is C16H19ClN2O3. The van der Waals surface area contributed by atoms with Gasteiger partial charge in [0.15, 0.2) is 0 Å². The molecule has 0 bridgehead atoms. The minimum absolute atomic E-state index is 0.0282. The average molecular weight is 323 g/mol. The number of hydrogen-bond donors (Lipinski definition) is 1. The number of ether oxygens (including phenoxy) is 1. The highest BCUT2D eigenvalue weighted by atomic mass is 35.5. The van der Waals surface area contributed by atoms with Crippen LogP contribution in [0.15, 0.2) is 24.3 Å². The molecule has 2 aliphatic heterocycles. The molecule has 0 saturated carbocycles. The van der Waals surface area contributed by atoms with Gasteiger partial charge in [-0.3, -0.25) is 9.59 Å². The highest BCUT2D eigenvalue weighted by molar-refractivity contribution is 6.30. The lowest BCUT2D eigenvalue weighted by Crippen LogP contribution is -2.37. The van der Waals surface area contributed by atoms with E-state index in [4.69, 9.17) is 16.3 Å². The molecule has 2 heterocycles. The Kier molecular flexibility index (Phi) is 4.64. The fraction of sp³-hybridized carbons (Fsp3) is 0.500. The Labute approximate surface area is 134 Å². The van der Waals surface area contributed by atoms with Crippen molar-refractivity contribution < 1.29 is 14.3 Å². The Morgan fingerprint density at radius 2 is 2.14 bits per heavy atom. The van der Waals surface area contributed by atoms with Gasteiger partial charge in [-0.05, 0) is 37.1 Å². The zero-order chi connectivity index (χ0) is 15.5. The van der Waals surface area contributed by atoms with E-state index in [1.54, 1.807) is 29.2 Å². The highest BCUT2D eigenvalue weighted by Crippen LogP contribution is 2.26. The first-order valence-corrected chi connectivity index (χ1v) is 7.96. The second-order valence-electron chi connectivity index (χ2n) is 5.76. The van der Waals surface area contributed by atoms with Crippen LogP contribution >= 0.6 is 11.6 Å². The first-order valence-electron chi connectivity index (χ1n) is 7.59. The van der Waals surface area contributed by atoms with E-state index < -0.39 is 0 Å². The predicted molar refractivity (Wildman–Crippen MR) is 83.9 cm³/mol. The summed E-state index contributed by atoms with van der Waals surface area (Å²) in [6.07, 6.45) is 2.40. The minimum atomic E-state index is -0.301. The maximum Gasteiger partial charge on any atom is 0.227 e. The SMILES string of the molecule is O=C(NC[C@H]1CCCO1)[C@H]1CC(=O)N(c2ccc(Cl)cc2)C1. The van der Waals surface area contributed by atoms with Gasteiger partial charge in [-0.2, -0.15) is 0 Å². The molecule has 0 aliphatic carbocycles. The standard InChI is InChI=1S/C16H19ClN2O3/c17-12-3-5-13(6-4-12)19-10-11(8-15(19)20)16(21)18-9-14-2-1-7-22-14/h3-6,11,14H,1-2,7-10H2,(H,18,21)/t11-,14+/m0/s1. The summed E-state index contributed by atoms with van der Waals surface area (Å²) in [5.41, 5.74) is 0.781. The number of rotatable bonds is 4. The summed E-state index contributed by atoms with van der Waals surface area (Å²) in [4.78, 5) is 26.0. The Balaban J connectivity index is 1.56. The third-order valence-electron chi connectivity index (χ3n) is 4.16. The maximum absolute atomic E-state index is 12.2. The lowest BCUT2D eigenvalue weighted by atomic mass is 10.1. The molecule has 1 aromatic rings. The van der Waals surface area contributed by atoms with Crippen LogP contribution in [-0.4, -0.2) is 37.6 Å². The van der Waals surface area contributed by atoms with Crippen LogP contribution in [0.25, 0.3) is 0 Å². The van der Waals surface area contributed by atoms with Crippen LogP contribution in [0, 0.1) is 5.92 Å². The highest BCUT2D eigenvalue weighted by Gasteiger charge is 2.35. The summed E-state index contributed by atoms with van der Waals surface area (Å²) in [5, 5.41) is 3.53. The largest absolute Gasteiger partial charge is 0.376 e. The van der Waals surface area contributed by atoms with Gasteiger partial charge in [0.1, 0.15) is 0 Å². The normalized spacial score (nSPS) is 24.8. The number of amides is 2. The second kappa shape index (κ2) is 6.67. The number of benzene rings is 1. The number of carbonyl (C=O) groups excluding carboxylic acids is 2. The quantitative estimate of drug-likeness (QED) is 0.922. The van der Waals surface area contributed by atoms with Gasteiger partial charge in [-0.15, -0.1) is 0 Å². The monoisotopic (exact) mass is 322 g/mol. The van der Waals surface area contributed by atoms with E-state index in [-0.39, 0.29) is 30.3 Å². The molecule has 22 heavy (non-hydrogen) atoms. The molecule has 2 saturated heterocycles. The van der Waals surface area contributed by atoms with E-state index in [0.717, 1.165) is 25.1 Å². The van der Waals surface area contributed by atoms with Gasteiger partial charge < -0.3 is 15.0 Å². The van der Waals surface area contributed by atoms with Gasteiger partial charge in [0, 0.05) is 36.8 Å². The van der Waals surface area contributed by atoms with Crippen molar-refractivity contribution in [2.24, 2.45) is 5.92 Å². The van der Waals surface area contributed by atoms with Crippen LogP contribution in [0.3, 0.4) is 0 Å². The molecule has 1 N–H and O–H groups in total. The van der Waals surface area contributed by atoms with Crippen molar-refractivity contribution in [3.05, 3.63) is 29.3 Å². The second-order valence-corrected chi connectivity index (χ2v) is 6.20. The Bertz CT molecular complexity index is 555. The summed E-state index contributed by atoms with van der Waals surface area (Å²) in [6.45, 7) is 1.72. The fourth-order valence-corrected chi connectivity index (χ4v) is 3.04. The van der Waals surface area contributed by atoms with E-state index in [9.17, 15) is 9.59 Å². The van der Waals surface area contributed by atoms with Gasteiger partial charge in [-0.25, -0.2) is 0 Å². The number of nitrogens with one attached hydrogen (secondary N) is 1. The third kappa shape index (κ3) is 3.42. The van der Waals surface area contributed by atoms with Crippen LogP contribution in [-0.2, 0) is 14.3 Å². The van der Waals surface area contributed by atoms with E-state index in [1.807, 2.05) is 0 Å². The molecule has 118 valence electrons. The van der Waals surface area contributed by atoms with Crippen molar-refractivity contribution in [1.29, 1.82) is 0 Å². The van der Waals surface area contributed by atoms with Crippen LogP contribution in [0.1, 0.15) is 19.3 Å². The van der Waals surface area contributed by atoms with E-state index in [1.165, 1.54) is 0 Å². The molecule has 0 unspecified atom stereocenters. The molecule has 0 spiro atoms. The number of nitrogens with zero attached hydrogens (tertiary/aromatic N) is 1. The number of anilines is 1. The summed E-state index contributed by atoms with van der Waals surface area (Å²) >= 11 is 5.86. The van der Waals surface area contributed by atoms with Gasteiger partial charge in [0.2, 0.25) is 11.8 Å². The van der Waals surface area contributed by atoms with Gasteiger partial charge in [0.25, 0.3) is 0 Å². The van der Waals surface area contributed by atoms with Crippen molar-refractivity contribution >= 4 is 29.1 Å². The summed E-state index contributed by atoms with van der Waals surface area (Å²) < 4.78 is 5.48. The topological polar surface area (TPSA) is 58.6 Å². The Morgan fingerprint density at radius 1 is 1.36 bits per heavy atom. The first kappa shape index (κ1) is 15.3.